The molecule has 0 aromatic heterocycles. The Morgan fingerprint density at radius 1 is 1.36 bits per heavy atom. The number of hydrogen-bond acceptors (Lipinski definition) is 5. The number of aliphatic imine (C=N–C) groups is 1. The summed E-state index contributed by atoms with van der Waals surface area (Å²) < 4.78 is 10.2. The number of carbonyl (C=O) groups is 1. The molecule has 5 nitrogen and oxygen atoms in total. The summed E-state index contributed by atoms with van der Waals surface area (Å²) in [6, 6.07) is 7.98. The predicted octanol–water partition coefficient (Wildman–Crippen LogP) is 2.25. The molecule has 0 fully saturated rings. The molecule has 1 unspecified atom stereocenters. The van der Waals surface area contributed by atoms with Crippen molar-refractivity contribution in [2.24, 2.45) is 10.7 Å². The second kappa shape index (κ2) is 7.64. The van der Waals surface area contributed by atoms with Gasteiger partial charge in [-0.05, 0) is 43.9 Å². The quantitative estimate of drug-likeness (QED) is 0.847. The molecule has 1 aliphatic rings. The van der Waals surface area contributed by atoms with E-state index in [2.05, 4.69) is 4.99 Å². The Balaban J connectivity index is 2.06. The lowest BCUT2D eigenvalue weighted by atomic mass is 10.0. The van der Waals surface area contributed by atoms with Crippen molar-refractivity contribution in [2.45, 2.75) is 32.2 Å². The van der Waals surface area contributed by atoms with Crippen molar-refractivity contribution in [2.75, 3.05) is 13.7 Å². The molecule has 2 rings (SSSR count). The fourth-order valence-corrected chi connectivity index (χ4v) is 2.43. The van der Waals surface area contributed by atoms with Gasteiger partial charge in [-0.2, -0.15) is 0 Å². The summed E-state index contributed by atoms with van der Waals surface area (Å²) in [6.45, 7) is 2.10. The van der Waals surface area contributed by atoms with Crippen LogP contribution in [-0.2, 0) is 16.0 Å². The van der Waals surface area contributed by atoms with E-state index in [9.17, 15) is 4.79 Å². The first-order chi connectivity index (χ1) is 10.6. The van der Waals surface area contributed by atoms with Gasteiger partial charge in [-0.1, -0.05) is 18.2 Å². The van der Waals surface area contributed by atoms with Gasteiger partial charge >= 0.3 is 5.97 Å². The first-order valence-electron chi connectivity index (χ1n) is 7.48. The van der Waals surface area contributed by atoms with E-state index < -0.39 is 5.97 Å². The van der Waals surface area contributed by atoms with E-state index in [-0.39, 0.29) is 11.9 Å². The van der Waals surface area contributed by atoms with Gasteiger partial charge in [-0.25, -0.2) is 4.79 Å². The lowest BCUT2D eigenvalue weighted by molar-refractivity contribution is -0.137. The maximum atomic E-state index is 11.8. The zero-order valence-corrected chi connectivity index (χ0v) is 13.0. The molecule has 2 N–H and O–H groups in total. The number of nitrogens with two attached hydrogens (primary N) is 1. The summed E-state index contributed by atoms with van der Waals surface area (Å²) in [5, 5.41) is 0. The van der Waals surface area contributed by atoms with Gasteiger partial charge in [-0.3, -0.25) is 4.99 Å². The largest absolute Gasteiger partial charge is 0.497 e. The summed E-state index contributed by atoms with van der Waals surface area (Å²) in [5.74, 6) is 0.710. The molecule has 5 heteroatoms. The molecular formula is C17H22N2O3. The SMILES string of the molecule is CCOC(=O)C1=CCCC(Cc2ccc(OC)cc2)N=C1N. The van der Waals surface area contributed by atoms with Crippen molar-refractivity contribution in [3.8, 4) is 5.75 Å². The van der Waals surface area contributed by atoms with Crippen LogP contribution in [0.1, 0.15) is 25.3 Å². The Morgan fingerprint density at radius 2 is 2.09 bits per heavy atom. The van der Waals surface area contributed by atoms with E-state index in [1.165, 1.54) is 5.56 Å². The number of rotatable bonds is 5. The maximum Gasteiger partial charge on any atom is 0.341 e. The van der Waals surface area contributed by atoms with Crippen LogP contribution in [0.5, 0.6) is 5.75 Å². The average Bonchev–Trinajstić information content (AvgIpc) is 2.69. The average molecular weight is 302 g/mol. The van der Waals surface area contributed by atoms with Gasteiger partial charge in [0.25, 0.3) is 0 Å². The van der Waals surface area contributed by atoms with Crippen molar-refractivity contribution in [1.29, 1.82) is 0 Å². The summed E-state index contributed by atoms with van der Waals surface area (Å²) in [4.78, 5) is 16.3. The minimum absolute atomic E-state index is 0.0663. The molecule has 1 heterocycles. The first kappa shape index (κ1) is 16.1. The first-order valence-corrected chi connectivity index (χ1v) is 7.48. The molecule has 1 aromatic carbocycles. The number of nitrogens with zero attached hydrogens (tertiary/aromatic N) is 1. The standard InChI is InChI=1S/C17H22N2O3/c1-3-22-17(20)15-6-4-5-13(19-16(15)18)11-12-7-9-14(21-2)10-8-12/h6-10,13H,3-5,11H2,1-2H3,(H2,18,19). The van der Waals surface area contributed by atoms with E-state index in [1.54, 1.807) is 14.0 Å². The molecule has 118 valence electrons. The van der Waals surface area contributed by atoms with Gasteiger partial charge in [0.2, 0.25) is 0 Å². The van der Waals surface area contributed by atoms with Crippen LogP contribution in [-0.4, -0.2) is 31.6 Å². The summed E-state index contributed by atoms with van der Waals surface area (Å²) in [7, 11) is 1.65. The van der Waals surface area contributed by atoms with Gasteiger partial charge < -0.3 is 15.2 Å². The number of ether oxygens (including phenoxy) is 2. The third kappa shape index (κ3) is 4.10. The lowest BCUT2D eigenvalue weighted by Crippen LogP contribution is -2.24. The van der Waals surface area contributed by atoms with Crippen LogP contribution in [0, 0.1) is 0 Å². The molecular weight excluding hydrogens is 280 g/mol. The van der Waals surface area contributed by atoms with E-state index in [0.29, 0.717) is 12.2 Å². The van der Waals surface area contributed by atoms with Gasteiger partial charge in [0, 0.05) is 0 Å². The van der Waals surface area contributed by atoms with E-state index in [4.69, 9.17) is 15.2 Å². The van der Waals surface area contributed by atoms with Crippen LogP contribution in [0.2, 0.25) is 0 Å². The lowest BCUT2D eigenvalue weighted by Gasteiger charge is -2.11. The topological polar surface area (TPSA) is 73.9 Å². The second-order valence-electron chi connectivity index (χ2n) is 5.14. The smallest absolute Gasteiger partial charge is 0.341 e. The van der Waals surface area contributed by atoms with Crippen LogP contribution in [0.15, 0.2) is 40.9 Å². The zero-order chi connectivity index (χ0) is 15.9. The molecule has 0 amide bonds. The van der Waals surface area contributed by atoms with Crippen LogP contribution >= 0.6 is 0 Å². The molecule has 22 heavy (non-hydrogen) atoms. The highest BCUT2D eigenvalue weighted by atomic mass is 16.5. The van der Waals surface area contributed by atoms with Gasteiger partial charge in [0.15, 0.2) is 0 Å². The van der Waals surface area contributed by atoms with Crippen molar-refractivity contribution in [1.82, 2.24) is 0 Å². The number of methoxy groups -OCH3 is 1. The monoisotopic (exact) mass is 302 g/mol. The van der Waals surface area contributed by atoms with Crippen LogP contribution in [0.4, 0.5) is 0 Å². The van der Waals surface area contributed by atoms with E-state index in [1.807, 2.05) is 30.3 Å². The normalized spacial score (nSPS) is 18.0. The number of esters is 1. The van der Waals surface area contributed by atoms with Gasteiger partial charge in [-0.15, -0.1) is 0 Å². The fourth-order valence-electron chi connectivity index (χ4n) is 2.43. The summed E-state index contributed by atoms with van der Waals surface area (Å²) in [5.41, 5.74) is 7.52. The molecule has 0 radical (unpaired) electrons. The Bertz CT molecular complexity index is 576. The Labute approximate surface area is 130 Å². The molecule has 1 aromatic rings. The number of amidine groups is 1. The van der Waals surface area contributed by atoms with Gasteiger partial charge in [0.05, 0.1) is 25.3 Å². The van der Waals surface area contributed by atoms with Crippen molar-refractivity contribution < 1.29 is 14.3 Å². The molecule has 0 aliphatic carbocycles. The van der Waals surface area contributed by atoms with E-state index in [0.717, 1.165) is 25.0 Å². The highest BCUT2D eigenvalue weighted by molar-refractivity contribution is 6.18. The predicted molar refractivity (Wildman–Crippen MR) is 86.1 cm³/mol. The molecule has 1 aliphatic heterocycles. The highest BCUT2D eigenvalue weighted by Crippen LogP contribution is 2.19. The Hall–Kier alpha value is -2.30. The number of allylic oxidation sites excluding steroid dienone is 1. The van der Waals surface area contributed by atoms with Crippen molar-refractivity contribution >= 4 is 11.8 Å². The van der Waals surface area contributed by atoms with Crippen molar-refractivity contribution in [3.05, 3.63) is 41.5 Å². The molecule has 1 atom stereocenters. The van der Waals surface area contributed by atoms with E-state index >= 15 is 0 Å². The fraction of sp³-hybridized carbons (Fsp3) is 0.412. The summed E-state index contributed by atoms with van der Waals surface area (Å²) in [6.07, 6.45) is 4.23. The molecule has 0 spiro atoms. The zero-order valence-electron chi connectivity index (χ0n) is 13.0. The van der Waals surface area contributed by atoms with Crippen molar-refractivity contribution in [3.63, 3.8) is 0 Å². The minimum atomic E-state index is -0.395. The van der Waals surface area contributed by atoms with Gasteiger partial charge in [0.1, 0.15) is 11.6 Å². The second-order valence-corrected chi connectivity index (χ2v) is 5.14. The number of carbonyl (C=O) groups excluding carboxylic acids is 1. The van der Waals surface area contributed by atoms with Crippen LogP contribution in [0.3, 0.4) is 0 Å². The van der Waals surface area contributed by atoms with Crippen LogP contribution < -0.4 is 10.5 Å². The van der Waals surface area contributed by atoms with Crippen LogP contribution in [0.25, 0.3) is 0 Å². The molecule has 0 saturated heterocycles. The maximum absolute atomic E-state index is 11.8. The minimum Gasteiger partial charge on any atom is -0.497 e. The molecule has 0 saturated carbocycles. The Kier molecular flexibility index (Phi) is 5.58. The number of hydrogen-bond donors (Lipinski definition) is 1. The number of benzene rings is 1. The molecule has 0 bridgehead atoms. The Morgan fingerprint density at radius 3 is 2.73 bits per heavy atom. The third-order valence-electron chi connectivity index (χ3n) is 3.57. The third-order valence-corrected chi connectivity index (χ3v) is 3.57. The highest BCUT2D eigenvalue weighted by Gasteiger charge is 2.20. The summed E-state index contributed by atoms with van der Waals surface area (Å²) >= 11 is 0.